The Balaban J connectivity index is 0.000000179. The number of piperidine rings is 2. The van der Waals surface area contributed by atoms with Gasteiger partial charge in [0.1, 0.15) is 0 Å². The fourth-order valence-corrected chi connectivity index (χ4v) is 20.9. The van der Waals surface area contributed by atoms with Crippen molar-refractivity contribution in [2.24, 2.45) is 75.7 Å². The molecule has 0 bridgehead atoms. The number of nitrogens with one attached hydrogen (secondary N) is 2. The number of ether oxygens (including phenoxy) is 2. The molecule has 0 aromatic carbocycles. The summed E-state index contributed by atoms with van der Waals surface area (Å²) in [4.78, 5) is 28.7. The van der Waals surface area contributed by atoms with Gasteiger partial charge in [-0.25, -0.2) is 0 Å². The molecule has 12 aliphatic rings. The maximum atomic E-state index is 12.5. The summed E-state index contributed by atoms with van der Waals surface area (Å²) >= 11 is 0. The average Bonchev–Trinajstić information content (AvgIpc) is 4.36. The first kappa shape index (κ1) is 59.2. The van der Waals surface area contributed by atoms with E-state index in [1.54, 1.807) is 22.3 Å². The Kier molecular flexibility index (Phi) is 16.8. The molecule has 0 radical (unpaired) electrons. The summed E-state index contributed by atoms with van der Waals surface area (Å²) in [6, 6.07) is 0.836. The summed E-state index contributed by atoms with van der Waals surface area (Å²) in [5.41, 5.74) is 15.9. The fourth-order valence-electron chi connectivity index (χ4n) is 20.9. The van der Waals surface area contributed by atoms with Crippen molar-refractivity contribution in [3.05, 3.63) is 45.6 Å². The van der Waals surface area contributed by atoms with Gasteiger partial charge in [-0.05, 0) is 199 Å². The first-order chi connectivity index (χ1) is 38.0. The van der Waals surface area contributed by atoms with Gasteiger partial charge in [0.05, 0.1) is 35.6 Å². The molecule has 2 spiro atoms. The van der Waals surface area contributed by atoms with Gasteiger partial charge in [0, 0.05) is 76.2 Å². The SMILES string of the molecule is CC1=C2C[C@H]3[C@@H](CC=C4C[C@@H](O)CC[C@@]43C)[C@@H]2CCC12O[C@@H]1C[C@H](C)CN(CCN)[C@H]1[C@H]2C.CC1=C2C[C@H]3[C@@H](CC=C4C[C@@H](O)CC[C@@]43C)[C@@H]2CCC12O[C@@H]1C[C@H](C)CN(CCNC(=O)CCCCCNC(=O)C(F)(F)F)[C@H]1[C@H]2C. The van der Waals surface area contributed by atoms with Crippen LogP contribution in [0.3, 0.4) is 0 Å². The van der Waals surface area contributed by atoms with Crippen LogP contribution >= 0.6 is 0 Å². The van der Waals surface area contributed by atoms with E-state index in [1.807, 2.05) is 5.32 Å². The van der Waals surface area contributed by atoms with Crippen molar-refractivity contribution in [1.82, 2.24) is 20.4 Å². The number of halogens is 3. The monoisotopic (exact) mass is 1120 g/mol. The Morgan fingerprint density at radius 1 is 0.675 bits per heavy atom. The third kappa shape index (κ3) is 10.3. The molecule has 11 nitrogen and oxygen atoms in total. The summed E-state index contributed by atoms with van der Waals surface area (Å²) < 4.78 is 51.3. The second-order valence-electron chi connectivity index (χ2n) is 29.1. The number of aliphatic hydroxyl groups excluding tert-OH is 2. The molecular formula is C66H102F3N5O6. The molecule has 448 valence electrons. The lowest BCUT2D eigenvalue weighted by molar-refractivity contribution is -0.173. The van der Waals surface area contributed by atoms with Gasteiger partial charge < -0.3 is 36.1 Å². The van der Waals surface area contributed by atoms with E-state index in [-0.39, 0.29) is 47.4 Å². The van der Waals surface area contributed by atoms with Gasteiger partial charge in [0.25, 0.3) is 0 Å². The minimum atomic E-state index is -4.86. The number of rotatable bonds is 11. The number of hydrogen-bond donors (Lipinski definition) is 5. The van der Waals surface area contributed by atoms with Crippen molar-refractivity contribution >= 4 is 11.8 Å². The van der Waals surface area contributed by atoms with Gasteiger partial charge in [-0.15, -0.1) is 0 Å². The predicted octanol–water partition coefficient (Wildman–Crippen LogP) is 10.7. The normalized spacial score (nSPS) is 44.8. The minimum absolute atomic E-state index is 0.0430. The Bertz CT molecular complexity index is 2460. The van der Waals surface area contributed by atoms with E-state index in [0.29, 0.717) is 97.3 Å². The van der Waals surface area contributed by atoms with Gasteiger partial charge in [0.2, 0.25) is 5.91 Å². The number of allylic oxidation sites excluding steroid dienone is 4. The highest BCUT2D eigenvalue weighted by molar-refractivity contribution is 5.81. The number of amides is 2. The molecule has 4 saturated carbocycles. The molecule has 8 aliphatic carbocycles. The summed E-state index contributed by atoms with van der Waals surface area (Å²) in [6.45, 7) is 24.6. The zero-order chi connectivity index (χ0) is 56.8. The van der Waals surface area contributed by atoms with Crippen molar-refractivity contribution in [2.45, 2.75) is 238 Å². The van der Waals surface area contributed by atoms with Crippen molar-refractivity contribution in [2.75, 3.05) is 45.8 Å². The van der Waals surface area contributed by atoms with Crippen LogP contribution in [0.5, 0.6) is 0 Å². The first-order valence-corrected chi connectivity index (χ1v) is 32.3. The van der Waals surface area contributed by atoms with E-state index in [0.717, 1.165) is 102 Å². The van der Waals surface area contributed by atoms with Crippen molar-refractivity contribution < 1.29 is 42.4 Å². The smallest absolute Gasteiger partial charge is 0.393 e. The highest BCUT2D eigenvalue weighted by Gasteiger charge is 2.64. The Morgan fingerprint density at radius 2 is 1.16 bits per heavy atom. The molecule has 20 atom stereocenters. The van der Waals surface area contributed by atoms with Gasteiger partial charge >= 0.3 is 12.1 Å². The maximum absolute atomic E-state index is 12.5. The molecule has 12 rings (SSSR count). The van der Waals surface area contributed by atoms with Crippen molar-refractivity contribution in [3.63, 3.8) is 0 Å². The maximum Gasteiger partial charge on any atom is 0.471 e. The zero-order valence-electron chi connectivity index (χ0n) is 50.1. The quantitative estimate of drug-likeness (QED) is 0.101. The second-order valence-corrected chi connectivity index (χ2v) is 29.1. The lowest BCUT2D eigenvalue weighted by Crippen LogP contribution is -2.54. The number of hydrogen-bond acceptors (Lipinski definition) is 9. The Morgan fingerprint density at radius 3 is 1.64 bits per heavy atom. The van der Waals surface area contributed by atoms with Gasteiger partial charge in [0.15, 0.2) is 0 Å². The molecule has 8 fully saturated rings. The zero-order valence-corrected chi connectivity index (χ0v) is 50.1. The number of aliphatic hydroxyl groups is 2. The largest absolute Gasteiger partial charge is 0.471 e. The molecule has 4 aliphatic heterocycles. The fraction of sp³-hybridized carbons (Fsp3) is 0.848. The number of nitrogens with two attached hydrogens (primary N) is 1. The molecule has 0 aromatic heterocycles. The van der Waals surface area contributed by atoms with Crippen LogP contribution in [0, 0.1) is 70.0 Å². The first-order valence-electron chi connectivity index (χ1n) is 32.3. The summed E-state index contributed by atoms with van der Waals surface area (Å²) in [7, 11) is 0. The molecule has 0 aromatic rings. The van der Waals surface area contributed by atoms with Gasteiger partial charge in [-0.3, -0.25) is 19.4 Å². The molecule has 80 heavy (non-hydrogen) atoms. The van der Waals surface area contributed by atoms with Crippen molar-refractivity contribution in [1.29, 1.82) is 0 Å². The number of alkyl halides is 3. The van der Waals surface area contributed by atoms with Crippen LogP contribution in [0.1, 0.15) is 184 Å². The molecule has 4 heterocycles. The van der Waals surface area contributed by atoms with Gasteiger partial charge in [-0.2, -0.15) is 13.2 Å². The van der Waals surface area contributed by atoms with E-state index in [9.17, 15) is 33.0 Å². The van der Waals surface area contributed by atoms with Crippen LogP contribution in [0.15, 0.2) is 45.6 Å². The number of likely N-dealkylation sites (tertiary alicyclic amines) is 2. The summed E-state index contributed by atoms with van der Waals surface area (Å²) in [6.07, 6.45) is 20.0. The molecule has 4 saturated heterocycles. The molecule has 2 amide bonds. The molecular weight excluding hydrogens is 1020 g/mol. The van der Waals surface area contributed by atoms with E-state index in [1.165, 1.54) is 62.6 Å². The van der Waals surface area contributed by atoms with E-state index in [4.69, 9.17) is 15.2 Å². The Labute approximate surface area is 477 Å². The predicted molar refractivity (Wildman–Crippen MR) is 307 cm³/mol. The second kappa shape index (κ2) is 22.7. The minimum Gasteiger partial charge on any atom is -0.393 e. The lowest BCUT2D eigenvalue weighted by atomic mass is 9.56. The topological polar surface area (TPSA) is 150 Å². The van der Waals surface area contributed by atoms with Crippen LogP contribution in [-0.2, 0) is 19.1 Å². The van der Waals surface area contributed by atoms with E-state index < -0.39 is 12.1 Å². The van der Waals surface area contributed by atoms with Crippen LogP contribution in [0.2, 0.25) is 0 Å². The third-order valence-corrected chi connectivity index (χ3v) is 25.0. The number of fused-ring (bicyclic) bond motifs is 12. The number of carbonyl (C=O) groups excluding carboxylic acids is 2. The summed E-state index contributed by atoms with van der Waals surface area (Å²) in [5, 5.41) is 25.7. The molecule has 6 N–H and O–H groups in total. The van der Waals surface area contributed by atoms with Crippen LogP contribution in [0.25, 0.3) is 0 Å². The van der Waals surface area contributed by atoms with Crippen molar-refractivity contribution in [3.8, 4) is 0 Å². The van der Waals surface area contributed by atoms with E-state index in [2.05, 4.69) is 82.7 Å². The Hall–Kier alpha value is -2.59. The number of nitrogens with zero attached hydrogens (tertiary/aromatic N) is 2. The van der Waals surface area contributed by atoms with E-state index >= 15 is 0 Å². The summed E-state index contributed by atoms with van der Waals surface area (Å²) in [5.74, 6) is 4.44. The van der Waals surface area contributed by atoms with Gasteiger partial charge in [-0.1, -0.05) is 82.4 Å². The van der Waals surface area contributed by atoms with Crippen LogP contribution < -0.4 is 16.4 Å². The van der Waals surface area contributed by atoms with Crippen LogP contribution in [0.4, 0.5) is 13.2 Å². The average molecular weight is 1120 g/mol. The highest BCUT2D eigenvalue weighted by Crippen LogP contribution is 2.67. The van der Waals surface area contributed by atoms with Crippen LogP contribution in [-0.4, -0.2) is 132 Å². The number of carbonyl (C=O) groups is 2. The lowest BCUT2D eigenvalue weighted by Gasteiger charge is -2.49. The third-order valence-electron chi connectivity index (χ3n) is 25.0. The number of unbranched alkanes of at least 4 members (excludes halogenated alkanes) is 2. The highest BCUT2D eigenvalue weighted by atomic mass is 19.4. The standard InChI is InChI=1S/C37H56F3N3O4.C29H46N2O2/c1-22-18-31-33(43(21-22)17-16-41-32(45)8-6-5-7-15-42-34(46)37(38,39)40)24(3)36(47-31)14-12-27-28-10-9-25-19-26(44)11-13-35(25,4)30(28)20-29(27)23(36)2;1-17-13-26-27(31(16-17)12-11-30)19(3)29(33-26)10-8-22-23-6-5-20-14-21(32)7-9-28(20,4)25(23)15-24(22)18(29)2/h9,22,24,26-28,30-31,33,44H,5-8,10-21H2,1-4H3,(H,41,45)(H,42,46);5,17,19,21-23,25-27,32H,6-16,30H2,1-4H3/t22-,24+,26-,27-,28-,30-,31+,33-,35-,36?;17-,19+,21-,22-,23-,25-,26+,27-,28-,29?/m00/s1. The molecule has 14 heteroatoms. The molecule has 2 unspecified atom stereocenters.